The summed E-state index contributed by atoms with van der Waals surface area (Å²) in [6, 6.07) is 10.5. The van der Waals surface area contributed by atoms with Crippen molar-refractivity contribution in [1.29, 1.82) is 0 Å². The van der Waals surface area contributed by atoms with Crippen molar-refractivity contribution in [2.24, 2.45) is 0 Å². The molecule has 1 unspecified atom stereocenters. The quantitative estimate of drug-likeness (QED) is 0.698. The molecule has 0 aliphatic carbocycles. The van der Waals surface area contributed by atoms with Crippen molar-refractivity contribution in [3.8, 4) is 11.5 Å². The standard InChI is InChI=1S/C23H31ClN2O2/c1-5-26(6-2)11-12-28-18-7-8-19-17(14-18)9-10-25-23(19)20-15-21(24)16(3)13-22(20)27-4/h7-8,13-15,23,25H,5-6,9-12H2,1-4H3. The number of nitrogens with zero attached hydrogens (tertiary/aromatic N) is 1. The van der Waals surface area contributed by atoms with E-state index in [1.807, 2.05) is 19.1 Å². The van der Waals surface area contributed by atoms with Crippen molar-refractivity contribution < 1.29 is 9.47 Å². The SMILES string of the molecule is CCN(CC)CCOc1ccc2c(c1)CCNC2c1cc(Cl)c(C)cc1OC. The molecule has 0 spiro atoms. The molecule has 2 aromatic carbocycles. The first-order valence-electron chi connectivity index (χ1n) is 10.1. The molecule has 1 heterocycles. The van der Waals surface area contributed by atoms with Crippen LogP contribution >= 0.6 is 11.6 Å². The van der Waals surface area contributed by atoms with E-state index in [1.165, 1.54) is 11.1 Å². The first kappa shape index (κ1) is 21.0. The van der Waals surface area contributed by atoms with E-state index in [9.17, 15) is 0 Å². The number of halogens is 1. The number of aryl methyl sites for hydroxylation is 1. The zero-order valence-corrected chi connectivity index (χ0v) is 18.1. The molecule has 0 saturated carbocycles. The van der Waals surface area contributed by atoms with Gasteiger partial charge in [0.15, 0.2) is 0 Å². The van der Waals surface area contributed by atoms with Crippen molar-refractivity contribution in [3.63, 3.8) is 0 Å². The van der Waals surface area contributed by atoms with Crippen molar-refractivity contribution >= 4 is 11.6 Å². The third-order valence-corrected chi connectivity index (χ3v) is 5.97. The van der Waals surface area contributed by atoms with Gasteiger partial charge in [-0.05, 0) is 67.4 Å². The van der Waals surface area contributed by atoms with Gasteiger partial charge in [0.25, 0.3) is 0 Å². The van der Waals surface area contributed by atoms with Gasteiger partial charge in [-0.15, -0.1) is 0 Å². The lowest BCUT2D eigenvalue weighted by Crippen LogP contribution is -2.31. The van der Waals surface area contributed by atoms with Gasteiger partial charge in [-0.2, -0.15) is 0 Å². The third-order valence-electron chi connectivity index (χ3n) is 5.56. The fourth-order valence-electron chi connectivity index (χ4n) is 3.81. The van der Waals surface area contributed by atoms with Crippen LogP contribution in [0, 0.1) is 6.92 Å². The molecule has 0 aromatic heterocycles. The Labute approximate surface area is 173 Å². The summed E-state index contributed by atoms with van der Waals surface area (Å²) in [7, 11) is 1.71. The molecule has 0 saturated heterocycles. The maximum Gasteiger partial charge on any atom is 0.124 e. The van der Waals surface area contributed by atoms with Crippen LogP contribution in [0.15, 0.2) is 30.3 Å². The number of ether oxygens (including phenoxy) is 2. The predicted octanol–water partition coefficient (Wildman–Crippen LogP) is 4.61. The number of hydrogen-bond donors (Lipinski definition) is 1. The highest BCUT2D eigenvalue weighted by Crippen LogP contribution is 2.37. The molecule has 1 aliphatic rings. The summed E-state index contributed by atoms with van der Waals surface area (Å²) in [6.45, 7) is 11.0. The lowest BCUT2D eigenvalue weighted by molar-refractivity contribution is 0.222. The summed E-state index contributed by atoms with van der Waals surface area (Å²) >= 11 is 6.41. The van der Waals surface area contributed by atoms with E-state index in [2.05, 4.69) is 42.3 Å². The van der Waals surface area contributed by atoms with Gasteiger partial charge >= 0.3 is 0 Å². The highest BCUT2D eigenvalue weighted by molar-refractivity contribution is 6.31. The first-order chi connectivity index (χ1) is 13.6. The second-order valence-electron chi connectivity index (χ2n) is 7.22. The average Bonchev–Trinajstić information content (AvgIpc) is 2.72. The Morgan fingerprint density at radius 2 is 1.93 bits per heavy atom. The van der Waals surface area contributed by atoms with Crippen LogP contribution in [0.3, 0.4) is 0 Å². The normalized spacial score (nSPS) is 16.1. The number of methoxy groups -OCH3 is 1. The number of nitrogens with one attached hydrogen (secondary N) is 1. The van der Waals surface area contributed by atoms with Crippen LogP contribution in [0.2, 0.25) is 5.02 Å². The molecule has 0 fully saturated rings. The zero-order chi connectivity index (χ0) is 20.1. The maximum atomic E-state index is 6.41. The summed E-state index contributed by atoms with van der Waals surface area (Å²) in [4.78, 5) is 2.37. The van der Waals surface area contributed by atoms with Gasteiger partial charge in [-0.3, -0.25) is 0 Å². The molecule has 0 bridgehead atoms. The molecule has 3 rings (SSSR count). The Morgan fingerprint density at radius 1 is 1.14 bits per heavy atom. The van der Waals surface area contributed by atoms with E-state index in [0.29, 0.717) is 6.61 Å². The smallest absolute Gasteiger partial charge is 0.124 e. The van der Waals surface area contributed by atoms with Crippen LogP contribution < -0.4 is 14.8 Å². The third kappa shape index (κ3) is 4.62. The lowest BCUT2D eigenvalue weighted by Gasteiger charge is -2.29. The summed E-state index contributed by atoms with van der Waals surface area (Å²) < 4.78 is 11.7. The Bertz CT molecular complexity index is 805. The molecule has 4 nitrogen and oxygen atoms in total. The number of rotatable bonds is 8. The van der Waals surface area contributed by atoms with E-state index in [-0.39, 0.29) is 6.04 Å². The van der Waals surface area contributed by atoms with E-state index in [4.69, 9.17) is 21.1 Å². The molecule has 28 heavy (non-hydrogen) atoms. The number of hydrogen-bond acceptors (Lipinski definition) is 4. The highest BCUT2D eigenvalue weighted by Gasteiger charge is 2.25. The van der Waals surface area contributed by atoms with Gasteiger partial charge in [0.1, 0.15) is 18.1 Å². The van der Waals surface area contributed by atoms with Crippen LogP contribution in [0.5, 0.6) is 11.5 Å². The maximum absolute atomic E-state index is 6.41. The molecule has 2 aromatic rings. The van der Waals surface area contributed by atoms with E-state index >= 15 is 0 Å². The van der Waals surface area contributed by atoms with Crippen molar-refractivity contribution in [2.75, 3.05) is 39.9 Å². The van der Waals surface area contributed by atoms with E-state index in [0.717, 1.165) is 60.2 Å². The minimum Gasteiger partial charge on any atom is -0.496 e. The van der Waals surface area contributed by atoms with Crippen molar-refractivity contribution in [3.05, 3.63) is 57.6 Å². The van der Waals surface area contributed by atoms with Crippen LogP contribution in [-0.4, -0.2) is 44.8 Å². The van der Waals surface area contributed by atoms with Crippen LogP contribution in [0.4, 0.5) is 0 Å². The molecular weight excluding hydrogens is 372 g/mol. The second kappa shape index (κ2) is 9.64. The van der Waals surface area contributed by atoms with Crippen molar-refractivity contribution in [2.45, 2.75) is 33.2 Å². The molecule has 1 atom stereocenters. The molecule has 1 N–H and O–H groups in total. The van der Waals surface area contributed by atoms with E-state index in [1.54, 1.807) is 7.11 Å². The fourth-order valence-corrected chi connectivity index (χ4v) is 3.99. The largest absolute Gasteiger partial charge is 0.496 e. The predicted molar refractivity (Wildman–Crippen MR) is 116 cm³/mol. The van der Waals surface area contributed by atoms with Gasteiger partial charge in [0, 0.05) is 23.7 Å². The summed E-state index contributed by atoms with van der Waals surface area (Å²) in [5.41, 5.74) is 4.69. The average molecular weight is 403 g/mol. The van der Waals surface area contributed by atoms with Gasteiger partial charge < -0.3 is 19.7 Å². The topological polar surface area (TPSA) is 33.7 Å². The second-order valence-corrected chi connectivity index (χ2v) is 7.62. The fraction of sp³-hybridized carbons (Fsp3) is 0.478. The molecule has 0 amide bonds. The van der Waals surface area contributed by atoms with Crippen molar-refractivity contribution in [1.82, 2.24) is 10.2 Å². The van der Waals surface area contributed by atoms with Gasteiger partial charge in [-0.25, -0.2) is 0 Å². The number of benzene rings is 2. The number of fused-ring (bicyclic) bond motifs is 1. The Hall–Kier alpha value is -1.75. The Balaban J connectivity index is 1.81. The van der Waals surface area contributed by atoms with Crippen LogP contribution in [0.25, 0.3) is 0 Å². The summed E-state index contributed by atoms with van der Waals surface area (Å²) in [6.07, 6.45) is 0.987. The Morgan fingerprint density at radius 3 is 2.64 bits per heavy atom. The highest BCUT2D eigenvalue weighted by atomic mass is 35.5. The monoisotopic (exact) mass is 402 g/mol. The minimum absolute atomic E-state index is 0.0709. The zero-order valence-electron chi connectivity index (χ0n) is 17.3. The first-order valence-corrected chi connectivity index (χ1v) is 10.5. The van der Waals surface area contributed by atoms with Gasteiger partial charge in [-0.1, -0.05) is 31.5 Å². The van der Waals surface area contributed by atoms with Crippen LogP contribution in [-0.2, 0) is 6.42 Å². The van der Waals surface area contributed by atoms with Gasteiger partial charge in [0.2, 0.25) is 0 Å². The van der Waals surface area contributed by atoms with Crippen LogP contribution in [0.1, 0.15) is 42.1 Å². The summed E-state index contributed by atoms with van der Waals surface area (Å²) in [5.74, 6) is 1.81. The lowest BCUT2D eigenvalue weighted by atomic mass is 9.89. The van der Waals surface area contributed by atoms with E-state index < -0.39 is 0 Å². The molecule has 0 radical (unpaired) electrons. The molecule has 5 heteroatoms. The number of likely N-dealkylation sites (N-methyl/N-ethyl adjacent to an activating group) is 1. The Kier molecular flexibility index (Phi) is 7.22. The molecule has 1 aliphatic heterocycles. The van der Waals surface area contributed by atoms with Gasteiger partial charge in [0.05, 0.1) is 13.2 Å². The molecule has 152 valence electrons. The molecular formula is C23H31ClN2O2. The summed E-state index contributed by atoms with van der Waals surface area (Å²) in [5, 5.41) is 4.38. The minimum atomic E-state index is 0.0709.